The van der Waals surface area contributed by atoms with Gasteiger partial charge in [0.05, 0.1) is 7.11 Å². The lowest BCUT2D eigenvalue weighted by atomic mass is 9.88. The van der Waals surface area contributed by atoms with Crippen molar-refractivity contribution in [3.63, 3.8) is 0 Å². The van der Waals surface area contributed by atoms with Crippen LogP contribution < -0.4 is 4.74 Å². The smallest absolute Gasteiger partial charge is 0.253 e. The molecule has 1 amide bonds. The fourth-order valence-electron chi connectivity index (χ4n) is 4.99. The molecule has 1 fully saturated rings. The summed E-state index contributed by atoms with van der Waals surface area (Å²) in [4.78, 5) is 18.2. The SMILES string of the molecule is COc1ccc(C2CN(Cc3ccsc3)CC2CN(CC(C)C)C(=O)c2ccc(C)cc2)cc1. The molecule has 3 aromatic rings. The van der Waals surface area contributed by atoms with Gasteiger partial charge < -0.3 is 9.64 Å². The molecule has 0 N–H and O–H groups in total. The predicted octanol–water partition coefficient (Wildman–Crippen LogP) is 6.08. The van der Waals surface area contributed by atoms with Crippen LogP contribution in [0.1, 0.15) is 46.8 Å². The quantitative estimate of drug-likeness (QED) is 0.375. The van der Waals surface area contributed by atoms with Crippen LogP contribution in [0.2, 0.25) is 0 Å². The van der Waals surface area contributed by atoms with Gasteiger partial charge in [-0.25, -0.2) is 0 Å². The highest BCUT2D eigenvalue weighted by Gasteiger charge is 2.36. The highest BCUT2D eigenvalue weighted by atomic mass is 32.1. The van der Waals surface area contributed by atoms with Crippen molar-refractivity contribution in [3.05, 3.63) is 87.6 Å². The zero-order chi connectivity index (χ0) is 24.1. The van der Waals surface area contributed by atoms with Crippen LogP contribution >= 0.6 is 11.3 Å². The van der Waals surface area contributed by atoms with Gasteiger partial charge in [0.2, 0.25) is 0 Å². The van der Waals surface area contributed by atoms with Gasteiger partial charge in [0.25, 0.3) is 5.91 Å². The fourth-order valence-corrected chi connectivity index (χ4v) is 5.65. The van der Waals surface area contributed by atoms with Crippen LogP contribution in [-0.2, 0) is 6.54 Å². The Hall–Kier alpha value is -2.63. The molecule has 1 saturated heterocycles. The Morgan fingerprint density at radius 3 is 2.44 bits per heavy atom. The maximum absolute atomic E-state index is 13.5. The normalized spacial score (nSPS) is 18.4. The third-order valence-corrected chi connectivity index (χ3v) is 7.41. The lowest BCUT2D eigenvalue weighted by Gasteiger charge is -2.30. The fraction of sp³-hybridized carbons (Fsp3) is 0.414. The Bertz CT molecular complexity index is 1040. The van der Waals surface area contributed by atoms with E-state index >= 15 is 0 Å². The van der Waals surface area contributed by atoms with E-state index in [2.05, 4.69) is 71.7 Å². The zero-order valence-electron chi connectivity index (χ0n) is 20.7. The minimum absolute atomic E-state index is 0.137. The summed E-state index contributed by atoms with van der Waals surface area (Å²) in [6, 6.07) is 18.7. The first kappa shape index (κ1) is 24.5. The summed E-state index contributed by atoms with van der Waals surface area (Å²) in [5.74, 6) is 2.19. The van der Waals surface area contributed by atoms with E-state index in [4.69, 9.17) is 4.74 Å². The molecule has 34 heavy (non-hydrogen) atoms. The maximum atomic E-state index is 13.5. The number of methoxy groups -OCH3 is 1. The van der Waals surface area contributed by atoms with Crippen LogP contribution in [0.4, 0.5) is 0 Å². The molecule has 1 aliphatic heterocycles. The van der Waals surface area contributed by atoms with Crippen molar-refractivity contribution < 1.29 is 9.53 Å². The minimum atomic E-state index is 0.137. The average molecular weight is 477 g/mol. The number of nitrogens with zero attached hydrogens (tertiary/aromatic N) is 2. The number of likely N-dealkylation sites (tertiary alicyclic amines) is 1. The van der Waals surface area contributed by atoms with Gasteiger partial charge in [0, 0.05) is 44.2 Å². The van der Waals surface area contributed by atoms with Gasteiger partial charge in [-0.3, -0.25) is 9.69 Å². The molecule has 0 bridgehead atoms. The average Bonchev–Trinajstić information content (AvgIpc) is 3.48. The Morgan fingerprint density at radius 2 is 1.82 bits per heavy atom. The van der Waals surface area contributed by atoms with Gasteiger partial charge in [-0.2, -0.15) is 11.3 Å². The van der Waals surface area contributed by atoms with Crippen LogP contribution in [0.25, 0.3) is 0 Å². The summed E-state index contributed by atoms with van der Waals surface area (Å²) in [5, 5.41) is 4.39. The molecular formula is C29H36N2O2S. The number of aryl methyl sites for hydroxylation is 1. The second kappa shape index (κ2) is 11.2. The van der Waals surface area contributed by atoms with E-state index in [1.165, 1.54) is 16.7 Å². The van der Waals surface area contributed by atoms with Gasteiger partial charge in [-0.15, -0.1) is 0 Å². The Labute approximate surface area is 208 Å². The number of benzene rings is 2. The first-order chi connectivity index (χ1) is 16.4. The molecule has 0 saturated carbocycles. The van der Waals surface area contributed by atoms with Crippen molar-refractivity contribution in [3.8, 4) is 5.75 Å². The number of rotatable bonds is 9. The number of carbonyl (C=O) groups is 1. The van der Waals surface area contributed by atoms with Crippen molar-refractivity contribution in [2.24, 2.45) is 11.8 Å². The standard InChI is InChI=1S/C29H36N2O2S/c1-21(2)15-31(29(32)25-7-5-22(3)6-8-25)18-26-17-30(16-23-13-14-34-20-23)19-28(26)24-9-11-27(33-4)12-10-24/h5-14,20-21,26,28H,15-19H2,1-4H3. The molecule has 2 aromatic carbocycles. The maximum Gasteiger partial charge on any atom is 0.253 e. The Balaban J connectivity index is 1.57. The molecule has 4 nitrogen and oxygen atoms in total. The molecule has 180 valence electrons. The molecule has 5 heteroatoms. The van der Waals surface area contributed by atoms with E-state index in [-0.39, 0.29) is 5.91 Å². The second-order valence-corrected chi connectivity index (χ2v) is 10.7. The van der Waals surface area contributed by atoms with Crippen LogP contribution in [0, 0.1) is 18.8 Å². The van der Waals surface area contributed by atoms with Gasteiger partial charge in [-0.1, -0.05) is 43.7 Å². The van der Waals surface area contributed by atoms with E-state index in [0.717, 1.165) is 44.0 Å². The summed E-state index contributed by atoms with van der Waals surface area (Å²) in [7, 11) is 1.70. The van der Waals surface area contributed by atoms with Gasteiger partial charge in [0.15, 0.2) is 0 Å². The van der Waals surface area contributed by atoms with Crippen molar-refractivity contribution in [2.75, 3.05) is 33.3 Å². The molecule has 1 aromatic heterocycles. The molecule has 2 atom stereocenters. The van der Waals surface area contributed by atoms with Crippen molar-refractivity contribution in [1.29, 1.82) is 0 Å². The number of amides is 1. The third-order valence-electron chi connectivity index (χ3n) is 6.67. The van der Waals surface area contributed by atoms with E-state index in [1.807, 2.05) is 24.3 Å². The summed E-state index contributed by atoms with van der Waals surface area (Å²) in [6.45, 7) is 10.9. The van der Waals surface area contributed by atoms with Crippen molar-refractivity contribution in [2.45, 2.75) is 33.2 Å². The molecule has 4 rings (SSSR count). The number of hydrogen-bond acceptors (Lipinski definition) is 4. The molecule has 2 heterocycles. The van der Waals surface area contributed by atoms with Crippen LogP contribution in [0.3, 0.4) is 0 Å². The molecule has 0 radical (unpaired) electrons. The Morgan fingerprint density at radius 1 is 1.09 bits per heavy atom. The highest BCUT2D eigenvalue weighted by Crippen LogP contribution is 2.35. The van der Waals surface area contributed by atoms with E-state index in [1.54, 1.807) is 18.4 Å². The van der Waals surface area contributed by atoms with E-state index in [0.29, 0.717) is 17.8 Å². The first-order valence-electron chi connectivity index (χ1n) is 12.2. The molecule has 0 spiro atoms. The van der Waals surface area contributed by atoms with E-state index < -0.39 is 0 Å². The predicted molar refractivity (Wildman–Crippen MR) is 141 cm³/mol. The second-order valence-electron chi connectivity index (χ2n) is 9.94. The van der Waals surface area contributed by atoms with Crippen LogP contribution in [-0.4, -0.2) is 49.0 Å². The largest absolute Gasteiger partial charge is 0.497 e. The third kappa shape index (κ3) is 6.08. The topological polar surface area (TPSA) is 32.8 Å². The zero-order valence-corrected chi connectivity index (χ0v) is 21.6. The lowest BCUT2D eigenvalue weighted by Crippen LogP contribution is -2.39. The Kier molecular flexibility index (Phi) is 8.07. The number of ether oxygens (including phenoxy) is 1. The summed E-state index contributed by atoms with van der Waals surface area (Å²) in [6.07, 6.45) is 0. The van der Waals surface area contributed by atoms with Crippen molar-refractivity contribution in [1.82, 2.24) is 9.80 Å². The molecule has 2 unspecified atom stereocenters. The van der Waals surface area contributed by atoms with Crippen LogP contribution in [0.15, 0.2) is 65.4 Å². The van der Waals surface area contributed by atoms with Gasteiger partial charge in [0.1, 0.15) is 5.75 Å². The molecule has 0 aliphatic carbocycles. The number of thiophene rings is 1. The van der Waals surface area contributed by atoms with Crippen LogP contribution in [0.5, 0.6) is 5.75 Å². The highest BCUT2D eigenvalue weighted by molar-refractivity contribution is 7.07. The minimum Gasteiger partial charge on any atom is -0.497 e. The summed E-state index contributed by atoms with van der Waals surface area (Å²) < 4.78 is 5.38. The van der Waals surface area contributed by atoms with E-state index in [9.17, 15) is 4.79 Å². The van der Waals surface area contributed by atoms with Gasteiger partial charge in [-0.05, 0) is 71.0 Å². The van der Waals surface area contributed by atoms with Gasteiger partial charge >= 0.3 is 0 Å². The lowest BCUT2D eigenvalue weighted by molar-refractivity contribution is 0.0703. The first-order valence-corrected chi connectivity index (χ1v) is 13.1. The monoisotopic (exact) mass is 476 g/mol. The summed E-state index contributed by atoms with van der Waals surface area (Å²) in [5.41, 5.74) is 4.64. The van der Waals surface area contributed by atoms with Crippen molar-refractivity contribution >= 4 is 17.2 Å². The number of hydrogen-bond donors (Lipinski definition) is 0. The molecular weight excluding hydrogens is 440 g/mol. The number of carbonyl (C=O) groups excluding carboxylic acids is 1. The summed E-state index contributed by atoms with van der Waals surface area (Å²) >= 11 is 1.75. The molecule has 1 aliphatic rings.